The first kappa shape index (κ1) is 10.9. The van der Waals surface area contributed by atoms with Crippen LogP contribution in [0.2, 0.25) is 0 Å². The van der Waals surface area contributed by atoms with Gasteiger partial charge in [-0.3, -0.25) is 4.79 Å². The molecule has 2 heterocycles. The van der Waals surface area contributed by atoms with Crippen molar-refractivity contribution in [2.75, 3.05) is 5.32 Å². The second-order valence-electron chi connectivity index (χ2n) is 3.28. The van der Waals surface area contributed by atoms with Crippen LogP contribution >= 0.6 is 15.9 Å². The van der Waals surface area contributed by atoms with Crippen molar-refractivity contribution in [1.29, 1.82) is 0 Å². The van der Waals surface area contributed by atoms with E-state index in [0.717, 1.165) is 5.56 Å². The third-order valence-corrected chi connectivity index (χ3v) is 2.63. The highest BCUT2D eigenvalue weighted by Crippen LogP contribution is 2.18. The number of nitrogens with one attached hydrogen (secondary N) is 1. The second-order valence-corrected chi connectivity index (χ2v) is 4.00. The minimum atomic E-state index is -0.253. The van der Waals surface area contributed by atoms with Gasteiger partial charge in [0.15, 0.2) is 4.67 Å². The Morgan fingerprint density at radius 3 is 2.81 bits per heavy atom. The summed E-state index contributed by atoms with van der Waals surface area (Å²) in [6, 6.07) is 5.22. The Balaban J connectivity index is 2.14. The predicted octanol–water partition coefficient (Wildman–Crippen LogP) is 3.00. The number of nitrogens with zero attached hydrogens (tertiary/aromatic N) is 1. The van der Waals surface area contributed by atoms with Gasteiger partial charge < -0.3 is 9.73 Å². The number of hydrogen-bond acceptors (Lipinski definition) is 3. The fraction of sp³-hybridized carbons (Fsp3) is 0.0909. The number of amides is 1. The maximum Gasteiger partial charge on any atom is 0.261 e. The van der Waals surface area contributed by atoms with Gasteiger partial charge in [0.25, 0.3) is 5.91 Å². The Morgan fingerprint density at radius 1 is 1.44 bits per heavy atom. The molecule has 82 valence electrons. The van der Waals surface area contributed by atoms with Gasteiger partial charge in [0, 0.05) is 6.20 Å². The molecule has 16 heavy (non-hydrogen) atoms. The Morgan fingerprint density at radius 2 is 2.25 bits per heavy atom. The molecular formula is C11H9BrN2O2. The van der Waals surface area contributed by atoms with E-state index >= 15 is 0 Å². The first-order valence-corrected chi connectivity index (χ1v) is 5.43. The zero-order chi connectivity index (χ0) is 11.5. The average Bonchev–Trinajstić information content (AvgIpc) is 2.68. The monoisotopic (exact) mass is 280 g/mol. The molecule has 0 aliphatic carbocycles. The second kappa shape index (κ2) is 4.49. The van der Waals surface area contributed by atoms with Crippen LogP contribution < -0.4 is 5.32 Å². The van der Waals surface area contributed by atoms with Crippen molar-refractivity contribution < 1.29 is 9.21 Å². The molecule has 0 radical (unpaired) electrons. The summed E-state index contributed by atoms with van der Waals surface area (Å²) in [5, 5.41) is 2.67. The molecule has 1 amide bonds. The number of furan rings is 1. The van der Waals surface area contributed by atoms with Crippen LogP contribution in [0.1, 0.15) is 15.9 Å². The Kier molecular flexibility index (Phi) is 3.05. The van der Waals surface area contributed by atoms with Crippen LogP contribution in [0.4, 0.5) is 5.82 Å². The lowest BCUT2D eigenvalue weighted by molar-refractivity contribution is 0.102. The van der Waals surface area contributed by atoms with Gasteiger partial charge in [0.05, 0.1) is 11.8 Å². The van der Waals surface area contributed by atoms with Gasteiger partial charge in [-0.25, -0.2) is 4.98 Å². The minimum absolute atomic E-state index is 0.253. The van der Waals surface area contributed by atoms with Crippen molar-refractivity contribution in [2.45, 2.75) is 6.92 Å². The van der Waals surface area contributed by atoms with E-state index in [9.17, 15) is 4.79 Å². The third-order valence-electron chi connectivity index (χ3n) is 2.02. The van der Waals surface area contributed by atoms with Gasteiger partial charge in [0.2, 0.25) is 0 Å². The summed E-state index contributed by atoms with van der Waals surface area (Å²) in [6.07, 6.45) is 3.14. The predicted molar refractivity (Wildman–Crippen MR) is 63.3 cm³/mol. The topological polar surface area (TPSA) is 55.1 Å². The molecule has 1 N–H and O–H groups in total. The van der Waals surface area contributed by atoms with E-state index in [1.54, 1.807) is 18.3 Å². The third kappa shape index (κ3) is 2.30. The molecule has 0 bridgehead atoms. The number of aryl methyl sites for hydroxylation is 1. The zero-order valence-corrected chi connectivity index (χ0v) is 10.1. The van der Waals surface area contributed by atoms with Crippen LogP contribution in [-0.2, 0) is 0 Å². The number of carbonyl (C=O) groups is 1. The number of rotatable bonds is 2. The van der Waals surface area contributed by atoms with Gasteiger partial charge in [-0.05, 0) is 40.5 Å². The average molecular weight is 281 g/mol. The van der Waals surface area contributed by atoms with Crippen LogP contribution in [0, 0.1) is 6.92 Å². The quantitative estimate of drug-likeness (QED) is 0.920. The summed E-state index contributed by atoms with van der Waals surface area (Å²) in [7, 11) is 0. The molecule has 0 aliphatic rings. The smallest absolute Gasteiger partial charge is 0.261 e. The van der Waals surface area contributed by atoms with E-state index in [0.29, 0.717) is 16.1 Å². The number of aromatic nitrogens is 1. The number of anilines is 1. The van der Waals surface area contributed by atoms with Crippen LogP contribution in [0.15, 0.2) is 39.7 Å². The zero-order valence-electron chi connectivity index (χ0n) is 8.53. The normalized spacial score (nSPS) is 10.1. The molecule has 0 aromatic carbocycles. The van der Waals surface area contributed by atoms with E-state index in [2.05, 4.69) is 26.2 Å². The maximum atomic E-state index is 11.7. The maximum absolute atomic E-state index is 11.7. The van der Waals surface area contributed by atoms with E-state index in [4.69, 9.17) is 4.42 Å². The fourth-order valence-corrected chi connectivity index (χ4v) is 1.60. The standard InChI is InChI=1S/C11H9BrN2O2/c1-7-2-3-9(13-6-7)14-11(15)8-4-5-16-10(8)12/h2-6H,1H3,(H,13,14,15). The van der Waals surface area contributed by atoms with Crippen LogP contribution in [0.3, 0.4) is 0 Å². The summed E-state index contributed by atoms with van der Waals surface area (Å²) in [5.41, 5.74) is 1.49. The van der Waals surface area contributed by atoms with Crippen molar-refractivity contribution in [2.24, 2.45) is 0 Å². The lowest BCUT2D eigenvalue weighted by atomic mass is 10.3. The highest BCUT2D eigenvalue weighted by molar-refractivity contribution is 9.10. The first-order valence-electron chi connectivity index (χ1n) is 4.64. The van der Waals surface area contributed by atoms with Gasteiger partial charge in [-0.2, -0.15) is 0 Å². The Bertz CT molecular complexity index is 505. The summed E-state index contributed by atoms with van der Waals surface area (Å²) < 4.78 is 5.39. The van der Waals surface area contributed by atoms with Gasteiger partial charge in [-0.15, -0.1) is 0 Å². The largest absolute Gasteiger partial charge is 0.457 e. The lowest BCUT2D eigenvalue weighted by Gasteiger charge is -2.02. The number of pyridine rings is 1. The SMILES string of the molecule is Cc1ccc(NC(=O)c2ccoc2Br)nc1. The van der Waals surface area contributed by atoms with Gasteiger partial charge in [-0.1, -0.05) is 6.07 Å². The Hall–Kier alpha value is -1.62. The molecule has 5 heteroatoms. The fourth-order valence-electron chi connectivity index (χ4n) is 1.18. The molecular weight excluding hydrogens is 272 g/mol. The van der Waals surface area contributed by atoms with E-state index in [-0.39, 0.29) is 5.91 Å². The minimum Gasteiger partial charge on any atom is -0.457 e. The summed E-state index contributed by atoms with van der Waals surface area (Å²) in [4.78, 5) is 15.8. The highest BCUT2D eigenvalue weighted by Gasteiger charge is 2.12. The van der Waals surface area contributed by atoms with Crippen molar-refractivity contribution in [1.82, 2.24) is 4.98 Å². The molecule has 0 aliphatic heterocycles. The van der Waals surface area contributed by atoms with Crippen molar-refractivity contribution in [3.05, 3.63) is 46.5 Å². The molecule has 0 atom stereocenters. The highest BCUT2D eigenvalue weighted by atomic mass is 79.9. The van der Waals surface area contributed by atoms with Crippen molar-refractivity contribution in [3.63, 3.8) is 0 Å². The summed E-state index contributed by atoms with van der Waals surface area (Å²) >= 11 is 3.14. The molecule has 2 rings (SSSR count). The lowest BCUT2D eigenvalue weighted by Crippen LogP contribution is -2.12. The van der Waals surface area contributed by atoms with Crippen molar-refractivity contribution >= 4 is 27.7 Å². The van der Waals surface area contributed by atoms with Gasteiger partial charge in [0.1, 0.15) is 5.82 Å². The number of halogens is 1. The number of carbonyl (C=O) groups excluding carboxylic acids is 1. The van der Waals surface area contributed by atoms with E-state index in [1.165, 1.54) is 6.26 Å². The van der Waals surface area contributed by atoms with Crippen LogP contribution in [0.5, 0.6) is 0 Å². The number of hydrogen-bond donors (Lipinski definition) is 1. The van der Waals surface area contributed by atoms with Gasteiger partial charge >= 0.3 is 0 Å². The summed E-state index contributed by atoms with van der Waals surface area (Å²) in [5.74, 6) is 0.265. The molecule has 0 spiro atoms. The molecule has 0 saturated carbocycles. The molecule has 2 aromatic heterocycles. The van der Waals surface area contributed by atoms with Crippen LogP contribution in [-0.4, -0.2) is 10.9 Å². The first-order chi connectivity index (χ1) is 7.66. The summed E-state index contributed by atoms with van der Waals surface area (Å²) in [6.45, 7) is 1.94. The molecule has 0 fully saturated rings. The molecule has 0 saturated heterocycles. The van der Waals surface area contributed by atoms with Crippen molar-refractivity contribution in [3.8, 4) is 0 Å². The molecule has 4 nitrogen and oxygen atoms in total. The molecule has 2 aromatic rings. The van der Waals surface area contributed by atoms with E-state index in [1.807, 2.05) is 13.0 Å². The Labute approximate surface area is 101 Å². The van der Waals surface area contributed by atoms with E-state index < -0.39 is 0 Å². The van der Waals surface area contributed by atoms with Crippen LogP contribution in [0.25, 0.3) is 0 Å². The molecule has 0 unspecified atom stereocenters.